The predicted octanol–water partition coefficient (Wildman–Crippen LogP) is 3.28. The highest BCUT2D eigenvalue weighted by molar-refractivity contribution is 7.99. The molecule has 1 aliphatic rings. The number of thioether (sulfide) groups is 1. The molecule has 0 saturated heterocycles. The molecular formula is C16H22N2OS. The number of rotatable bonds is 5. The van der Waals surface area contributed by atoms with E-state index in [0.29, 0.717) is 11.3 Å². The van der Waals surface area contributed by atoms with E-state index in [-0.39, 0.29) is 5.91 Å². The first-order chi connectivity index (χ1) is 9.78. The average Bonchev–Trinajstić information content (AvgIpc) is 2.47. The van der Waals surface area contributed by atoms with Crippen LogP contribution in [0.2, 0.25) is 0 Å². The number of nitrogens with one attached hydrogen (secondary N) is 1. The zero-order valence-corrected chi connectivity index (χ0v) is 12.7. The molecule has 1 amide bonds. The van der Waals surface area contributed by atoms with E-state index in [4.69, 9.17) is 0 Å². The van der Waals surface area contributed by atoms with Crippen molar-refractivity contribution in [2.24, 2.45) is 0 Å². The van der Waals surface area contributed by atoms with Crippen LogP contribution in [-0.2, 0) is 4.79 Å². The van der Waals surface area contributed by atoms with Crippen LogP contribution in [0.25, 0.3) is 6.08 Å². The van der Waals surface area contributed by atoms with E-state index < -0.39 is 0 Å². The Kier molecular flexibility index (Phi) is 6.12. The Hall–Kier alpha value is -1.29. The molecule has 108 valence electrons. The number of carbonyl (C=O) groups excluding carboxylic acids is 1. The van der Waals surface area contributed by atoms with E-state index in [0.717, 1.165) is 24.2 Å². The third kappa shape index (κ3) is 5.00. The van der Waals surface area contributed by atoms with E-state index in [1.165, 1.54) is 12.8 Å². The summed E-state index contributed by atoms with van der Waals surface area (Å²) < 4.78 is 0. The van der Waals surface area contributed by atoms with Crippen LogP contribution in [-0.4, -0.2) is 27.9 Å². The molecule has 0 unspecified atom stereocenters. The molecule has 1 aromatic heterocycles. The molecule has 1 fully saturated rings. The zero-order chi connectivity index (χ0) is 14.2. The number of aromatic nitrogens is 1. The molecule has 1 saturated carbocycles. The smallest absolute Gasteiger partial charge is 0.244 e. The minimum absolute atomic E-state index is 0.000927. The van der Waals surface area contributed by atoms with Crippen molar-refractivity contribution in [2.75, 3.05) is 5.75 Å². The number of carbonyl (C=O) groups is 1. The predicted molar refractivity (Wildman–Crippen MR) is 85.6 cm³/mol. The summed E-state index contributed by atoms with van der Waals surface area (Å²) in [7, 11) is 0. The monoisotopic (exact) mass is 290 g/mol. The maximum Gasteiger partial charge on any atom is 0.244 e. The first kappa shape index (κ1) is 15.1. The maximum atomic E-state index is 11.9. The third-order valence-corrected chi connectivity index (χ3v) is 4.72. The number of hydrogen-bond donors (Lipinski definition) is 1. The van der Waals surface area contributed by atoms with Gasteiger partial charge in [-0.3, -0.25) is 9.78 Å². The number of amides is 1. The van der Waals surface area contributed by atoms with Crippen molar-refractivity contribution in [1.29, 1.82) is 0 Å². The molecule has 0 radical (unpaired) electrons. The third-order valence-electron chi connectivity index (χ3n) is 3.49. The highest BCUT2D eigenvalue weighted by Gasteiger charge is 2.22. The summed E-state index contributed by atoms with van der Waals surface area (Å²) in [5, 5.41) is 3.83. The molecule has 3 nitrogen and oxygen atoms in total. The Morgan fingerprint density at radius 3 is 3.20 bits per heavy atom. The molecule has 0 spiro atoms. The van der Waals surface area contributed by atoms with Crippen molar-refractivity contribution < 1.29 is 4.79 Å². The van der Waals surface area contributed by atoms with E-state index in [2.05, 4.69) is 17.2 Å². The summed E-state index contributed by atoms with van der Waals surface area (Å²) in [4.78, 5) is 15.9. The van der Waals surface area contributed by atoms with Crippen molar-refractivity contribution >= 4 is 23.7 Å². The first-order valence-electron chi connectivity index (χ1n) is 7.28. The summed E-state index contributed by atoms with van der Waals surface area (Å²) in [6.07, 6.45) is 11.6. The van der Waals surface area contributed by atoms with Crippen LogP contribution in [0.1, 0.15) is 38.2 Å². The lowest BCUT2D eigenvalue weighted by molar-refractivity contribution is -0.117. The molecule has 1 heterocycles. The van der Waals surface area contributed by atoms with Gasteiger partial charge in [-0.1, -0.05) is 19.4 Å². The van der Waals surface area contributed by atoms with Gasteiger partial charge in [0.15, 0.2) is 0 Å². The highest BCUT2D eigenvalue weighted by Crippen LogP contribution is 2.28. The zero-order valence-electron chi connectivity index (χ0n) is 11.9. The van der Waals surface area contributed by atoms with E-state index in [9.17, 15) is 4.79 Å². The molecule has 1 aromatic rings. The van der Waals surface area contributed by atoms with Crippen LogP contribution in [0.5, 0.6) is 0 Å². The second-order valence-electron chi connectivity index (χ2n) is 5.07. The van der Waals surface area contributed by atoms with Gasteiger partial charge in [-0.25, -0.2) is 0 Å². The van der Waals surface area contributed by atoms with Gasteiger partial charge in [-0.05, 0) is 42.7 Å². The highest BCUT2D eigenvalue weighted by atomic mass is 32.2. The Bertz CT molecular complexity index is 445. The summed E-state index contributed by atoms with van der Waals surface area (Å²) >= 11 is 2.02. The van der Waals surface area contributed by atoms with E-state index in [1.807, 2.05) is 30.0 Å². The van der Waals surface area contributed by atoms with Crippen LogP contribution in [0.3, 0.4) is 0 Å². The lowest BCUT2D eigenvalue weighted by Crippen LogP contribution is -2.38. The summed E-state index contributed by atoms with van der Waals surface area (Å²) in [6, 6.07) is 4.13. The standard InChI is InChI=1S/C16H22N2OS/c1-2-20-15-7-3-6-14(11-15)18-16(19)9-8-13-5-4-10-17-12-13/h4-5,8-10,12,14-15H,2-3,6-7,11H2,1H3,(H,18,19)/b9-8+/t14-,15-/m0/s1. The molecule has 20 heavy (non-hydrogen) atoms. The summed E-state index contributed by atoms with van der Waals surface area (Å²) in [5.41, 5.74) is 0.950. The topological polar surface area (TPSA) is 42.0 Å². The first-order valence-corrected chi connectivity index (χ1v) is 8.33. The van der Waals surface area contributed by atoms with Gasteiger partial charge in [0.1, 0.15) is 0 Å². The van der Waals surface area contributed by atoms with Crippen molar-refractivity contribution in [3.05, 3.63) is 36.2 Å². The van der Waals surface area contributed by atoms with Gasteiger partial charge in [-0.2, -0.15) is 11.8 Å². The Balaban J connectivity index is 1.80. The molecule has 2 atom stereocenters. The van der Waals surface area contributed by atoms with Crippen molar-refractivity contribution in [3.63, 3.8) is 0 Å². The summed E-state index contributed by atoms with van der Waals surface area (Å²) in [6.45, 7) is 2.20. The molecule has 1 N–H and O–H groups in total. The molecule has 2 rings (SSSR count). The Morgan fingerprint density at radius 1 is 1.55 bits per heavy atom. The Morgan fingerprint density at radius 2 is 2.45 bits per heavy atom. The van der Waals surface area contributed by atoms with Crippen LogP contribution >= 0.6 is 11.8 Å². The lowest BCUT2D eigenvalue weighted by Gasteiger charge is -2.28. The average molecular weight is 290 g/mol. The molecule has 0 aromatic carbocycles. The summed E-state index contributed by atoms with van der Waals surface area (Å²) in [5.74, 6) is 1.16. The second-order valence-corrected chi connectivity index (χ2v) is 6.65. The molecule has 0 aliphatic heterocycles. The molecule has 0 bridgehead atoms. The van der Waals surface area contributed by atoms with Gasteiger partial charge < -0.3 is 5.32 Å². The number of hydrogen-bond acceptors (Lipinski definition) is 3. The molecule has 4 heteroatoms. The normalized spacial score (nSPS) is 22.9. The van der Waals surface area contributed by atoms with Crippen LogP contribution in [0, 0.1) is 0 Å². The van der Waals surface area contributed by atoms with Gasteiger partial charge in [0.05, 0.1) is 0 Å². The van der Waals surface area contributed by atoms with Crippen molar-refractivity contribution in [1.82, 2.24) is 10.3 Å². The molecule has 1 aliphatic carbocycles. The Labute approximate surface area is 125 Å². The van der Waals surface area contributed by atoms with E-state index in [1.54, 1.807) is 18.5 Å². The quantitative estimate of drug-likeness (QED) is 0.846. The van der Waals surface area contributed by atoms with Crippen LogP contribution < -0.4 is 5.32 Å². The van der Waals surface area contributed by atoms with Gasteiger partial charge in [0.2, 0.25) is 5.91 Å². The van der Waals surface area contributed by atoms with Crippen molar-refractivity contribution in [3.8, 4) is 0 Å². The SMILES string of the molecule is CCS[C@H]1CCC[C@H](NC(=O)/C=C/c2cccnc2)C1. The van der Waals surface area contributed by atoms with Gasteiger partial charge in [0.25, 0.3) is 0 Å². The number of pyridine rings is 1. The lowest BCUT2D eigenvalue weighted by atomic mass is 9.95. The largest absolute Gasteiger partial charge is 0.350 e. The van der Waals surface area contributed by atoms with Gasteiger partial charge in [-0.15, -0.1) is 0 Å². The molecular weight excluding hydrogens is 268 g/mol. The van der Waals surface area contributed by atoms with Crippen LogP contribution in [0.15, 0.2) is 30.6 Å². The number of nitrogens with zero attached hydrogens (tertiary/aromatic N) is 1. The van der Waals surface area contributed by atoms with Crippen LogP contribution in [0.4, 0.5) is 0 Å². The maximum absolute atomic E-state index is 11.9. The fourth-order valence-electron chi connectivity index (χ4n) is 2.56. The van der Waals surface area contributed by atoms with Gasteiger partial charge >= 0.3 is 0 Å². The minimum Gasteiger partial charge on any atom is -0.350 e. The fraction of sp³-hybridized carbons (Fsp3) is 0.500. The van der Waals surface area contributed by atoms with E-state index >= 15 is 0 Å². The van der Waals surface area contributed by atoms with Crippen molar-refractivity contribution in [2.45, 2.75) is 43.9 Å². The fourth-order valence-corrected chi connectivity index (χ4v) is 3.73. The second kappa shape index (κ2) is 8.10. The van der Waals surface area contributed by atoms with Gasteiger partial charge in [0, 0.05) is 29.8 Å². The minimum atomic E-state index is 0.000927.